The highest BCUT2D eigenvalue weighted by Crippen LogP contribution is 2.28. The average Bonchev–Trinajstić information content (AvgIpc) is 2.82. The summed E-state index contributed by atoms with van der Waals surface area (Å²) in [7, 11) is 0. The van der Waals surface area contributed by atoms with Crippen LogP contribution in [-0.2, 0) is 17.8 Å². The summed E-state index contributed by atoms with van der Waals surface area (Å²) >= 11 is 1.65. The summed E-state index contributed by atoms with van der Waals surface area (Å²) in [6.07, 6.45) is 0.949. The van der Waals surface area contributed by atoms with Gasteiger partial charge in [-0.1, -0.05) is 0 Å². The number of ether oxygens (including phenoxy) is 1. The third-order valence-corrected chi connectivity index (χ3v) is 4.83. The van der Waals surface area contributed by atoms with Crippen LogP contribution in [0.2, 0.25) is 0 Å². The number of carbonyl (C=O) groups is 1. The van der Waals surface area contributed by atoms with Crippen molar-refractivity contribution in [2.75, 3.05) is 26.2 Å². The van der Waals surface area contributed by atoms with Crippen molar-refractivity contribution in [3.63, 3.8) is 0 Å². The summed E-state index contributed by atoms with van der Waals surface area (Å²) in [5.74, 6) is 0.184. The maximum atomic E-state index is 12.5. The van der Waals surface area contributed by atoms with Crippen molar-refractivity contribution in [1.82, 2.24) is 10.2 Å². The van der Waals surface area contributed by atoms with Crippen LogP contribution in [0.1, 0.15) is 27.0 Å². The zero-order valence-corrected chi connectivity index (χ0v) is 11.4. The summed E-state index contributed by atoms with van der Waals surface area (Å²) in [5.41, 5.74) is 1.21. The van der Waals surface area contributed by atoms with Crippen LogP contribution in [0.4, 0.5) is 0 Å². The molecule has 2 aliphatic heterocycles. The van der Waals surface area contributed by atoms with Gasteiger partial charge in [0.1, 0.15) is 0 Å². The van der Waals surface area contributed by atoms with Crippen LogP contribution in [0.15, 0.2) is 6.07 Å². The van der Waals surface area contributed by atoms with Gasteiger partial charge in [0.15, 0.2) is 0 Å². The summed E-state index contributed by atoms with van der Waals surface area (Å²) in [5, 5.41) is 3.31. The van der Waals surface area contributed by atoms with Gasteiger partial charge in [-0.05, 0) is 18.6 Å². The molecule has 0 aliphatic carbocycles. The van der Waals surface area contributed by atoms with Crippen LogP contribution in [-0.4, -0.2) is 43.1 Å². The molecule has 0 radical (unpaired) electrons. The van der Waals surface area contributed by atoms with Gasteiger partial charge >= 0.3 is 0 Å². The highest BCUT2D eigenvalue weighted by Gasteiger charge is 2.26. The monoisotopic (exact) mass is 266 g/mol. The average molecular weight is 266 g/mol. The van der Waals surface area contributed by atoms with Crippen LogP contribution >= 0.6 is 11.3 Å². The van der Waals surface area contributed by atoms with Crippen molar-refractivity contribution in [3.8, 4) is 0 Å². The van der Waals surface area contributed by atoms with Gasteiger partial charge in [0, 0.05) is 37.0 Å². The van der Waals surface area contributed by atoms with Crippen LogP contribution < -0.4 is 5.32 Å². The van der Waals surface area contributed by atoms with E-state index in [2.05, 4.69) is 12.2 Å². The van der Waals surface area contributed by atoms with E-state index in [4.69, 9.17) is 4.74 Å². The molecule has 98 valence electrons. The lowest BCUT2D eigenvalue weighted by Gasteiger charge is -2.33. The molecule has 1 fully saturated rings. The zero-order chi connectivity index (χ0) is 12.5. The number of fused-ring (bicyclic) bond motifs is 1. The molecular formula is C13H18N2O2S. The van der Waals surface area contributed by atoms with Crippen molar-refractivity contribution in [3.05, 3.63) is 21.4 Å². The second kappa shape index (κ2) is 4.99. The van der Waals surface area contributed by atoms with Crippen molar-refractivity contribution < 1.29 is 9.53 Å². The number of rotatable bonds is 1. The molecule has 1 aromatic rings. The minimum Gasteiger partial charge on any atom is -0.376 e. The standard InChI is InChI=1S/C13H18N2O2S/c1-9-7-14-3-4-15(9)13(16)12-6-10-8-17-5-2-11(10)18-12/h6,9,14H,2-5,7-8H2,1H3. The van der Waals surface area contributed by atoms with Crippen molar-refractivity contribution in [1.29, 1.82) is 0 Å². The lowest BCUT2D eigenvalue weighted by Crippen LogP contribution is -2.52. The minimum absolute atomic E-state index is 0.184. The third-order valence-electron chi connectivity index (χ3n) is 3.60. The second-order valence-electron chi connectivity index (χ2n) is 4.91. The fourth-order valence-corrected chi connectivity index (χ4v) is 3.64. The SMILES string of the molecule is CC1CNCCN1C(=O)c1cc2c(s1)CCOC2. The third kappa shape index (κ3) is 2.18. The molecule has 1 atom stereocenters. The first-order valence-corrected chi connectivity index (χ1v) is 7.28. The Hall–Kier alpha value is -0.910. The smallest absolute Gasteiger partial charge is 0.264 e. The molecule has 0 spiro atoms. The summed E-state index contributed by atoms with van der Waals surface area (Å²) in [6, 6.07) is 2.30. The van der Waals surface area contributed by atoms with Crippen LogP contribution in [0.25, 0.3) is 0 Å². The zero-order valence-electron chi connectivity index (χ0n) is 10.6. The number of hydrogen-bond donors (Lipinski definition) is 1. The number of amides is 1. The summed E-state index contributed by atoms with van der Waals surface area (Å²) in [6.45, 7) is 6.13. The molecule has 18 heavy (non-hydrogen) atoms. The Labute approximate surface area is 111 Å². The van der Waals surface area contributed by atoms with Gasteiger partial charge in [0.25, 0.3) is 5.91 Å². The van der Waals surface area contributed by atoms with E-state index in [0.29, 0.717) is 6.61 Å². The normalized spacial score (nSPS) is 23.8. The highest BCUT2D eigenvalue weighted by atomic mass is 32.1. The quantitative estimate of drug-likeness (QED) is 0.832. The molecule has 4 nitrogen and oxygen atoms in total. The molecule has 5 heteroatoms. The van der Waals surface area contributed by atoms with Gasteiger partial charge in [0.2, 0.25) is 0 Å². The Morgan fingerprint density at radius 3 is 3.28 bits per heavy atom. The van der Waals surface area contributed by atoms with E-state index >= 15 is 0 Å². The van der Waals surface area contributed by atoms with E-state index in [9.17, 15) is 4.79 Å². The maximum absolute atomic E-state index is 12.5. The first kappa shape index (κ1) is 12.1. The second-order valence-corrected chi connectivity index (χ2v) is 6.05. The number of nitrogens with one attached hydrogen (secondary N) is 1. The minimum atomic E-state index is 0.184. The predicted molar refractivity (Wildman–Crippen MR) is 71.0 cm³/mol. The van der Waals surface area contributed by atoms with Crippen molar-refractivity contribution in [2.45, 2.75) is 26.0 Å². The number of hydrogen-bond acceptors (Lipinski definition) is 4. The molecule has 0 bridgehead atoms. The van der Waals surface area contributed by atoms with Gasteiger partial charge in [-0.3, -0.25) is 4.79 Å². The molecule has 3 heterocycles. The first-order valence-electron chi connectivity index (χ1n) is 6.46. The molecule has 1 amide bonds. The Kier molecular flexibility index (Phi) is 3.37. The molecule has 1 aromatic heterocycles. The molecule has 2 aliphatic rings. The Morgan fingerprint density at radius 1 is 1.61 bits per heavy atom. The molecule has 0 aromatic carbocycles. The highest BCUT2D eigenvalue weighted by molar-refractivity contribution is 7.14. The van der Waals surface area contributed by atoms with E-state index in [1.54, 1.807) is 11.3 Å². The molecule has 1 saturated heterocycles. The van der Waals surface area contributed by atoms with E-state index in [1.165, 1.54) is 10.4 Å². The van der Waals surface area contributed by atoms with E-state index in [1.807, 2.05) is 11.0 Å². The van der Waals surface area contributed by atoms with Crippen LogP contribution in [0.3, 0.4) is 0 Å². The Balaban J connectivity index is 1.81. The Morgan fingerprint density at radius 2 is 2.50 bits per heavy atom. The molecule has 1 N–H and O–H groups in total. The van der Waals surface area contributed by atoms with E-state index < -0.39 is 0 Å². The number of carbonyl (C=O) groups excluding carboxylic acids is 1. The fourth-order valence-electron chi connectivity index (χ4n) is 2.54. The largest absolute Gasteiger partial charge is 0.376 e. The van der Waals surface area contributed by atoms with Gasteiger partial charge in [0.05, 0.1) is 18.1 Å². The number of thiophene rings is 1. The van der Waals surface area contributed by atoms with Gasteiger partial charge < -0.3 is 15.0 Å². The van der Waals surface area contributed by atoms with E-state index in [-0.39, 0.29) is 11.9 Å². The molecule has 0 saturated carbocycles. The lowest BCUT2D eigenvalue weighted by molar-refractivity contribution is 0.0660. The molecular weight excluding hydrogens is 248 g/mol. The number of nitrogens with zero attached hydrogens (tertiary/aromatic N) is 1. The first-order chi connectivity index (χ1) is 8.75. The summed E-state index contributed by atoms with van der Waals surface area (Å²) < 4.78 is 5.43. The van der Waals surface area contributed by atoms with Gasteiger partial charge in [-0.25, -0.2) is 0 Å². The maximum Gasteiger partial charge on any atom is 0.264 e. The predicted octanol–water partition coefficient (Wildman–Crippen LogP) is 1.25. The summed E-state index contributed by atoms with van der Waals surface area (Å²) in [4.78, 5) is 16.7. The molecule has 3 rings (SSSR count). The number of piperazine rings is 1. The lowest BCUT2D eigenvalue weighted by atomic mass is 10.1. The molecule has 1 unspecified atom stereocenters. The Bertz CT molecular complexity index is 434. The van der Waals surface area contributed by atoms with Crippen molar-refractivity contribution in [2.24, 2.45) is 0 Å². The van der Waals surface area contributed by atoms with E-state index in [0.717, 1.165) is 37.5 Å². The van der Waals surface area contributed by atoms with Crippen LogP contribution in [0, 0.1) is 0 Å². The topological polar surface area (TPSA) is 41.6 Å². The van der Waals surface area contributed by atoms with Crippen molar-refractivity contribution >= 4 is 17.2 Å². The van der Waals surface area contributed by atoms with Crippen LogP contribution in [0.5, 0.6) is 0 Å². The van der Waals surface area contributed by atoms with Gasteiger partial charge in [-0.2, -0.15) is 0 Å². The fraction of sp³-hybridized carbons (Fsp3) is 0.615. The van der Waals surface area contributed by atoms with Gasteiger partial charge in [-0.15, -0.1) is 11.3 Å².